The number of amides is 3. The minimum absolute atomic E-state index is 0.0999. The third-order valence-corrected chi connectivity index (χ3v) is 5.70. The Morgan fingerprint density at radius 2 is 1.97 bits per heavy atom. The summed E-state index contributed by atoms with van der Waals surface area (Å²) in [7, 11) is 3.32. The summed E-state index contributed by atoms with van der Waals surface area (Å²) in [5.41, 5.74) is 1.45. The summed E-state index contributed by atoms with van der Waals surface area (Å²) in [6.07, 6.45) is 5.30. The van der Waals surface area contributed by atoms with Gasteiger partial charge >= 0.3 is 0 Å². The van der Waals surface area contributed by atoms with Crippen LogP contribution in [0.4, 0.5) is 0 Å². The minimum atomic E-state index is -0.393. The van der Waals surface area contributed by atoms with Crippen LogP contribution in [-0.2, 0) is 16.1 Å². The number of carbonyl (C=O) groups is 3. The van der Waals surface area contributed by atoms with Gasteiger partial charge in [0.15, 0.2) is 0 Å². The van der Waals surface area contributed by atoms with Crippen molar-refractivity contribution in [2.75, 3.05) is 20.7 Å². The molecule has 2 heterocycles. The molecule has 2 N–H and O–H groups in total. The lowest BCUT2D eigenvalue weighted by Crippen LogP contribution is -2.44. The van der Waals surface area contributed by atoms with Gasteiger partial charge in [0.1, 0.15) is 5.75 Å². The van der Waals surface area contributed by atoms with Gasteiger partial charge in [0.05, 0.1) is 12.7 Å². The Bertz CT molecular complexity index is 917. The highest BCUT2D eigenvalue weighted by atomic mass is 16.5. The van der Waals surface area contributed by atoms with Gasteiger partial charge in [-0.15, -0.1) is 0 Å². The fraction of sp³-hybridized carbons (Fsp3) is 0.417. The molecular weight excluding hydrogens is 408 g/mol. The molecule has 1 fully saturated rings. The van der Waals surface area contributed by atoms with E-state index < -0.39 is 5.92 Å². The number of carbonyl (C=O) groups excluding carboxylic acids is 3. The number of aromatic nitrogens is 1. The summed E-state index contributed by atoms with van der Waals surface area (Å²) in [4.78, 5) is 43.5. The molecule has 0 bridgehead atoms. The first-order chi connectivity index (χ1) is 15.5. The molecule has 32 heavy (non-hydrogen) atoms. The molecule has 1 aliphatic heterocycles. The van der Waals surface area contributed by atoms with Gasteiger partial charge in [0.2, 0.25) is 11.8 Å². The molecule has 1 aromatic heterocycles. The highest BCUT2D eigenvalue weighted by Crippen LogP contribution is 2.19. The standard InChI is InChI=1S/C24H30N4O4/c1-28-16-20(27-24(31)19-6-4-12-25-15-19)7-3-5-18(13-22(28)29)23(30)26-14-17-8-10-21(32-2)11-9-17/h4,6,8-12,15,18,20H,3,5,7,13-14,16H2,1-2H3,(H,26,30)(H,27,31). The van der Waals surface area contributed by atoms with Gasteiger partial charge in [-0.25, -0.2) is 0 Å². The zero-order valence-corrected chi connectivity index (χ0v) is 18.5. The van der Waals surface area contributed by atoms with E-state index in [9.17, 15) is 14.4 Å². The third kappa shape index (κ3) is 6.54. The van der Waals surface area contributed by atoms with Crippen LogP contribution in [0.5, 0.6) is 5.75 Å². The largest absolute Gasteiger partial charge is 0.497 e. The van der Waals surface area contributed by atoms with Crippen molar-refractivity contribution in [2.24, 2.45) is 5.92 Å². The van der Waals surface area contributed by atoms with E-state index in [1.54, 1.807) is 37.4 Å². The molecule has 1 saturated heterocycles. The number of pyridine rings is 1. The quantitative estimate of drug-likeness (QED) is 0.720. The predicted octanol–water partition coefficient (Wildman–Crippen LogP) is 2.15. The smallest absolute Gasteiger partial charge is 0.253 e. The van der Waals surface area contributed by atoms with Gasteiger partial charge in [-0.1, -0.05) is 18.6 Å². The average Bonchev–Trinajstić information content (AvgIpc) is 2.88. The van der Waals surface area contributed by atoms with Gasteiger partial charge in [0, 0.05) is 50.9 Å². The Morgan fingerprint density at radius 3 is 2.66 bits per heavy atom. The molecule has 3 rings (SSSR count). The highest BCUT2D eigenvalue weighted by Gasteiger charge is 2.27. The molecule has 0 radical (unpaired) electrons. The maximum absolute atomic E-state index is 12.8. The van der Waals surface area contributed by atoms with Gasteiger partial charge < -0.3 is 20.3 Å². The van der Waals surface area contributed by atoms with Gasteiger partial charge in [-0.3, -0.25) is 19.4 Å². The zero-order valence-electron chi connectivity index (χ0n) is 18.5. The molecule has 0 aliphatic carbocycles. The first kappa shape index (κ1) is 23.2. The summed E-state index contributed by atoms with van der Waals surface area (Å²) < 4.78 is 5.15. The number of ether oxygens (including phenoxy) is 1. The second-order valence-corrected chi connectivity index (χ2v) is 8.08. The first-order valence-electron chi connectivity index (χ1n) is 10.8. The van der Waals surface area contributed by atoms with E-state index in [0.717, 1.165) is 17.7 Å². The van der Waals surface area contributed by atoms with Crippen LogP contribution in [0.2, 0.25) is 0 Å². The summed E-state index contributed by atoms with van der Waals surface area (Å²) in [6, 6.07) is 10.7. The van der Waals surface area contributed by atoms with E-state index in [1.807, 2.05) is 24.3 Å². The SMILES string of the molecule is COc1ccc(CNC(=O)C2CCCC(NC(=O)c3cccnc3)CN(C)C(=O)C2)cc1. The molecule has 1 aromatic carbocycles. The third-order valence-electron chi connectivity index (χ3n) is 5.70. The van der Waals surface area contributed by atoms with Crippen LogP contribution in [0, 0.1) is 5.92 Å². The molecular formula is C24H30N4O4. The molecule has 0 saturated carbocycles. The Labute approximate surface area is 188 Å². The van der Waals surface area contributed by atoms with Crippen molar-refractivity contribution in [3.05, 3.63) is 59.9 Å². The second-order valence-electron chi connectivity index (χ2n) is 8.08. The van der Waals surface area contributed by atoms with E-state index in [4.69, 9.17) is 4.74 Å². The molecule has 8 nitrogen and oxygen atoms in total. The van der Waals surface area contributed by atoms with Gasteiger partial charge in [0.25, 0.3) is 5.91 Å². The van der Waals surface area contributed by atoms with Crippen molar-refractivity contribution in [1.82, 2.24) is 20.5 Å². The van der Waals surface area contributed by atoms with Gasteiger partial charge in [-0.2, -0.15) is 0 Å². The van der Waals surface area contributed by atoms with Crippen LogP contribution >= 0.6 is 0 Å². The fourth-order valence-corrected chi connectivity index (χ4v) is 3.79. The minimum Gasteiger partial charge on any atom is -0.497 e. The summed E-state index contributed by atoms with van der Waals surface area (Å²) in [6.45, 7) is 0.804. The van der Waals surface area contributed by atoms with Gasteiger partial charge in [-0.05, 0) is 42.7 Å². The number of hydrogen-bond donors (Lipinski definition) is 2. The molecule has 8 heteroatoms. The van der Waals surface area contributed by atoms with E-state index in [2.05, 4.69) is 15.6 Å². The van der Waals surface area contributed by atoms with Crippen LogP contribution in [-0.4, -0.2) is 54.3 Å². The Balaban J connectivity index is 1.56. The topological polar surface area (TPSA) is 101 Å². The van der Waals surface area contributed by atoms with Crippen LogP contribution in [0.3, 0.4) is 0 Å². The van der Waals surface area contributed by atoms with Crippen molar-refractivity contribution in [2.45, 2.75) is 38.3 Å². The maximum atomic E-state index is 12.8. The maximum Gasteiger partial charge on any atom is 0.253 e. The van der Waals surface area contributed by atoms with Crippen LogP contribution < -0.4 is 15.4 Å². The monoisotopic (exact) mass is 438 g/mol. The van der Waals surface area contributed by atoms with Crippen LogP contribution in [0.1, 0.15) is 41.6 Å². The molecule has 3 amide bonds. The zero-order chi connectivity index (χ0) is 22.9. The number of benzene rings is 1. The van der Waals surface area contributed by atoms with E-state index >= 15 is 0 Å². The number of likely N-dealkylation sites (N-methyl/N-ethyl adjacent to an activating group) is 1. The highest BCUT2D eigenvalue weighted by molar-refractivity contribution is 5.94. The molecule has 2 atom stereocenters. The lowest BCUT2D eigenvalue weighted by atomic mass is 9.96. The van der Waals surface area contributed by atoms with E-state index in [-0.39, 0.29) is 30.2 Å². The fourth-order valence-electron chi connectivity index (χ4n) is 3.79. The summed E-state index contributed by atoms with van der Waals surface area (Å²) in [5, 5.41) is 5.95. The molecule has 0 spiro atoms. The van der Waals surface area contributed by atoms with Crippen LogP contribution in [0.15, 0.2) is 48.8 Å². The molecule has 2 aromatic rings. The van der Waals surface area contributed by atoms with Crippen LogP contribution in [0.25, 0.3) is 0 Å². The average molecular weight is 439 g/mol. The Morgan fingerprint density at radius 1 is 1.19 bits per heavy atom. The van der Waals surface area contributed by atoms with E-state index in [1.165, 1.54) is 6.20 Å². The van der Waals surface area contributed by atoms with Crippen molar-refractivity contribution < 1.29 is 19.1 Å². The number of nitrogens with zero attached hydrogens (tertiary/aromatic N) is 2. The van der Waals surface area contributed by atoms with Crippen molar-refractivity contribution >= 4 is 17.7 Å². The number of nitrogens with one attached hydrogen (secondary N) is 2. The number of methoxy groups -OCH3 is 1. The molecule has 170 valence electrons. The molecule has 1 aliphatic rings. The summed E-state index contributed by atoms with van der Waals surface area (Å²) >= 11 is 0. The Kier molecular flexibility index (Phi) is 8.19. The second kappa shape index (κ2) is 11.3. The van der Waals surface area contributed by atoms with Crippen molar-refractivity contribution in [3.63, 3.8) is 0 Å². The lowest BCUT2D eigenvalue weighted by molar-refractivity contribution is -0.135. The number of rotatable bonds is 6. The molecule has 2 unspecified atom stereocenters. The number of hydrogen-bond acceptors (Lipinski definition) is 5. The van der Waals surface area contributed by atoms with E-state index in [0.29, 0.717) is 31.5 Å². The lowest BCUT2D eigenvalue weighted by Gasteiger charge is -2.24. The Hall–Kier alpha value is -3.42. The first-order valence-corrected chi connectivity index (χ1v) is 10.8. The normalized spacial score (nSPS) is 19.3. The van der Waals surface area contributed by atoms with Crippen molar-refractivity contribution in [3.8, 4) is 5.75 Å². The summed E-state index contributed by atoms with van der Waals surface area (Å²) in [5.74, 6) is -0.0688. The predicted molar refractivity (Wildman–Crippen MR) is 120 cm³/mol. The van der Waals surface area contributed by atoms with Crippen molar-refractivity contribution in [1.29, 1.82) is 0 Å².